The summed E-state index contributed by atoms with van der Waals surface area (Å²) in [7, 11) is 4.15. The minimum atomic E-state index is -0.232. The van der Waals surface area contributed by atoms with E-state index in [1.165, 1.54) is 31.3 Å². The van der Waals surface area contributed by atoms with Gasteiger partial charge in [0.05, 0.1) is 5.41 Å². The van der Waals surface area contributed by atoms with E-state index in [9.17, 15) is 9.59 Å². The van der Waals surface area contributed by atoms with Crippen molar-refractivity contribution in [2.45, 2.75) is 106 Å². The molecule has 0 aromatic heterocycles. The van der Waals surface area contributed by atoms with Gasteiger partial charge in [0.25, 0.3) is 0 Å². The summed E-state index contributed by atoms with van der Waals surface area (Å²) in [5.74, 6) is 3.40. The summed E-state index contributed by atoms with van der Waals surface area (Å²) < 4.78 is 0. The number of hydrogen-bond acceptors (Lipinski definition) is 3. The fourth-order valence-corrected chi connectivity index (χ4v) is 11.9. The van der Waals surface area contributed by atoms with Gasteiger partial charge in [-0.2, -0.15) is 0 Å². The van der Waals surface area contributed by atoms with Crippen molar-refractivity contribution in [1.82, 2.24) is 10.2 Å². The third kappa shape index (κ3) is 3.70. The summed E-state index contributed by atoms with van der Waals surface area (Å²) in [6.07, 6.45) is 11.0. The number of nitrogens with zero attached hydrogens (tertiary/aromatic N) is 1. The van der Waals surface area contributed by atoms with Gasteiger partial charge in [-0.3, -0.25) is 9.59 Å². The van der Waals surface area contributed by atoms with Crippen LogP contribution < -0.4 is 5.32 Å². The Kier molecular flexibility index (Phi) is 6.85. The van der Waals surface area contributed by atoms with E-state index in [0.717, 1.165) is 51.6 Å². The standard InChI is InChI=1S/C34H56N2O2/c1-22(2)23-12-17-34(29(38)35-20-21-36(8)9)19-18-32(6)24(28(23)34)10-11-26-31(5)15-14-27(37)30(3,4)25(31)13-16-33(26,32)7/h23-26,28H,1,10-21H2,2-9H3,(H,35,38). The first-order chi connectivity index (χ1) is 17.6. The van der Waals surface area contributed by atoms with Crippen molar-refractivity contribution in [2.24, 2.45) is 56.7 Å². The van der Waals surface area contributed by atoms with Crippen molar-refractivity contribution in [2.75, 3.05) is 27.2 Å². The van der Waals surface area contributed by atoms with Crippen molar-refractivity contribution < 1.29 is 9.59 Å². The predicted octanol–water partition coefficient (Wildman–Crippen LogP) is 6.89. The van der Waals surface area contributed by atoms with Gasteiger partial charge in [0.2, 0.25) is 5.91 Å². The summed E-state index contributed by atoms with van der Waals surface area (Å²) in [5.41, 5.74) is 1.58. The van der Waals surface area contributed by atoms with Gasteiger partial charge < -0.3 is 10.2 Å². The molecule has 5 fully saturated rings. The topological polar surface area (TPSA) is 49.4 Å². The molecule has 0 saturated heterocycles. The van der Waals surface area contributed by atoms with Gasteiger partial charge >= 0.3 is 0 Å². The smallest absolute Gasteiger partial charge is 0.226 e. The summed E-state index contributed by atoms with van der Waals surface area (Å²) >= 11 is 0. The number of carbonyl (C=O) groups is 2. The molecular weight excluding hydrogens is 468 g/mol. The zero-order valence-electron chi connectivity index (χ0n) is 25.8. The number of Topliss-reactive ketones (excluding diaryl/α,β-unsaturated/α-hetero) is 1. The minimum Gasteiger partial charge on any atom is -0.354 e. The van der Waals surface area contributed by atoms with Gasteiger partial charge in [-0.15, -0.1) is 0 Å². The van der Waals surface area contributed by atoms with Crippen LogP contribution in [0.15, 0.2) is 12.2 Å². The van der Waals surface area contributed by atoms with Crippen LogP contribution in [0.5, 0.6) is 0 Å². The number of ketones is 1. The predicted molar refractivity (Wildman–Crippen MR) is 156 cm³/mol. The highest BCUT2D eigenvalue weighted by Gasteiger charge is 2.71. The Morgan fingerprint density at radius 3 is 2.29 bits per heavy atom. The highest BCUT2D eigenvalue weighted by molar-refractivity contribution is 5.85. The van der Waals surface area contributed by atoms with Crippen LogP contribution in [-0.2, 0) is 9.59 Å². The SMILES string of the molecule is C=C(C)C1CCC2(C(=O)NCCN(C)C)CCC3(C)C(CCC4C5(C)CCC(=O)C(C)(C)C5CCC43C)C12. The van der Waals surface area contributed by atoms with Crippen LogP contribution in [0.2, 0.25) is 0 Å². The highest BCUT2D eigenvalue weighted by atomic mass is 16.2. The van der Waals surface area contributed by atoms with Crippen LogP contribution in [0.25, 0.3) is 0 Å². The zero-order valence-corrected chi connectivity index (χ0v) is 25.8. The molecule has 214 valence electrons. The van der Waals surface area contributed by atoms with E-state index < -0.39 is 0 Å². The number of fused-ring (bicyclic) bond motifs is 7. The number of carbonyl (C=O) groups excluding carboxylic acids is 2. The van der Waals surface area contributed by atoms with Crippen LogP contribution in [0, 0.1) is 56.7 Å². The summed E-state index contributed by atoms with van der Waals surface area (Å²) in [4.78, 5) is 29.2. The fraction of sp³-hybridized carbons (Fsp3) is 0.882. The van der Waals surface area contributed by atoms with E-state index >= 15 is 0 Å². The monoisotopic (exact) mass is 524 g/mol. The number of amides is 1. The van der Waals surface area contributed by atoms with Crippen molar-refractivity contribution >= 4 is 11.7 Å². The maximum absolute atomic E-state index is 14.0. The lowest BCUT2D eigenvalue weighted by atomic mass is 9.32. The molecule has 0 bridgehead atoms. The third-order valence-corrected chi connectivity index (χ3v) is 14.1. The van der Waals surface area contributed by atoms with Crippen molar-refractivity contribution in [3.05, 3.63) is 12.2 Å². The lowest BCUT2D eigenvalue weighted by Gasteiger charge is -2.72. The van der Waals surface area contributed by atoms with Gasteiger partial charge in [0.1, 0.15) is 5.78 Å². The van der Waals surface area contributed by atoms with Crippen molar-refractivity contribution in [1.29, 1.82) is 0 Å². The Morgan fingerprint density at radius 1 is 0.921 bits per heavy atom. The molecule has 38 heavy (non-hydrogen) atoms. The van der Waals surface area contributed by atoms with Gasteiger partial charge in [0.15, 0.2) is 0 Å². The maximum Gasteiger partial charge on any atom is 0.226 e. The van der Waals surface area contributed by atoms with Gasteiger partial charge in [0, 0.05) is 24.9 Å². The van der Waals surface area contributed by atoms with E-state index in [2.05, 4.69) is 72.4 Å². The van der Waals surface area contributed by atoms with E-state index in [1.807, 2.05) is 0 Å². The molecule has 0 aromatic carbocycles. The first-order valence-corrected chi connectivity index (χ1v) is 15.8. The van der Waals surface area contributed by atoms with Gasteiger partial charge in [-0.1, -0.05) is 46.8 Å². The molecule has 0 spiro atoms. The van der Waals surface area contributed by atoms with E-state index in [4.69, 9.17) is 0 Å². The molecule has 0 aromatic rings. The number of nitrogens with one attached hydrogen (secondary N) is 1. The summed E-state index contributed by atoms with van der Waals surface area (Å²) in [6, 6.07) is 0. The van der Waals surface area contributed by atoms with E-state index in [1.54, 1.807) is 0 Å². The maximum atomic E-state index is 14.0. The third-order valence-electron chi connectivity index (χ3n) is 14.1. The molecule has 0 heterocycles. The first-order valence-electron chi connectivity index (χ1n) is 15.8. The quantitative estimate of drug-likeness (QED) is 0.398. The molecule has 0 radical (unpaired) electrons. The number of hydrogen-bond donors (Lipinski definition) is 1. The second-order valence-corrected chi connectivity index (χ2v) is 16.0. The van der Waals surface area contributed by atoms with Gasteiger partial charge in [-0.25, -0.2) is 0 Å². The Balaban J connectivity index is 1.50. The Bertz CT molecular complexity index is 1000. The molecule has 1 N–H and O–H groups in total. The lowest BCUT2D eigenvalue weighted by molar-refractivity contribution is -0.233. The molecule has 1 amide bonds. The second kappa shape index (κ2) is 9.18. The summed E-state index contributed by atoms with van der Waals surface area (Å²) in [6.45, 7) is 20.6. The Morgan fingerprint density at radius 2 is 1.63 bits per heavy atom. The number of rotatable bonds is 5. The Labute approximate surface area is 233 Å². The Hall–Kier alpha value is -1.16. The van der Waals surface area contributed by atoms with E-state index in [-0.39, 0.29) is 27.1 Å². The largest absolute Gasteiger partial charge is 0.354 e. The molecule has 4 nitrogen and oxygen atoms in total. The molecule has 5 rings (SSSR count). The zero-order chi connectivity index (χ0) is 27.9. The molecule has 5 saturated carbocycles. The normalized spacial score (nSPS) is 47.5. The first kappa shape index (κ1) is 28.4. The average molecular weight is 525 g/mol. The number of allylic oxidation sites excluding steroid dienone is 1. The van der Waals surface area contributed by atoms with Crippen LogP contribution in [0.4, 0.5) is 0 Å². The molecule has 5 aliphatic rings. The highest BCUT2D eigenvalue weighted by Crippen LogP contribution is 2.77. The molecule has 9 atom stereocenters. The molecular formula is C34H56N2O2. The molecule has 9 unspecified atom stereocenters. The number of likely N-dealkylation sites (N-methyl/N-ethyl adjacent to an activating group) is 1. The van der Waals surface area contributed by atoms with Crippen molar-refractivity contribution in [3.63, 3.8) is 0 Å². The fourth-order valence-electron chi connectivity index (χ4n) is 11.9. The van der Waals surface area contributed by atoms with Crippen LogP contribution in [-0.4, -0.2) is 43.8 Å². The minimum absolute atomic E-state index is 0.199. The molecule has 4 heteroatoms. The van der Waals surface area contributed by atoms with E-state index in [0.29, 0.717) is 41.3 Å². The van der Waals surface area contributed by atoms with Gasteiger partial charge in [-0.05, 0) is 125 Å². The molecule has 0 aliphatic heterocycles. The van der Waals surface area contributed by atoms with Crippen LogP contribution in [0.1, 0.15) is 106 Å². The average Bonchev–Trinajstić information content (AvgIpc) is 3.23. The molecule has 5 aliphatic carbocycles. The van der Waals surface area contributed by atoms with Crippen LogP contribution >= 0.6 is 0 Å². The summed E-state index contributed by atoms with van der Waals surface area (Å²) in [5, 5.41) is 3.39. The lowest BCUT2D eigenvalue weighted by Crippen LogP contribution is -2.67. The second-order valence-electron chi connectivity index (χ2n) is 16.0. The van der Waals surface area contributed by atoms with Crippen molar-refractivity contribution in [3.8, 4) is 0 Å². The van der Waals surface area contributed by atoms with Crippen LogP contribution in [0.3, 0.4) is 0 Å².